The van der Waals surface area contributed by atoms with E-state index in [-0.39, 0.29) is 16.3 Å². The number of nitrogens with zero attached hydrogens (tertiary/aromatic N) is 5. The van der Waals surface area contributed by atoms with Gasteiger partial charge in [-0.05, 0) is 46.8 Å². The summed E-state index contributed by atoms with van der Waals surface area (Å²) in [4.78, 5) is 22.4. The molecule has 0 unspecified atom stereocenters. The third-order valence-corrected chi connectivity index (χ3v) is 3.46. The number of nitro groups is 1. The molecule has 0 aliphatic heterocycles. The van der Waals surface area contributed by atoms with Crippen LogP contribution in [0.4, 0.5) is 11.4 Å². The number of benzene rings is 2. The Hall–Kier alpha value is -3.33. The molecule has 0 saturated carbocycles. The normalized spacial score (nSPS) is 10.4. The molecule has 0 spiro atoms. The molecule has 0 fully saturated rings. The second kappa shape index (κ2) is 6.42. The van der Waals surface area contributed by atoms with Crippen LogP contribution in [0.25, 0.3) is 5.69 Å². The number of hydrogen-bond acceptors (Lipinski definition) is 6. The second-order valence-corrected chi connectivity index (χ2v) is 5.09. The third-order valence-electron chi connectivity index (χ3n) is 3.14. The number of amides is 1. The molecule has 0 aliphatic rings. The summed E-state index contributed by atoms with van der Waals surface area (Å²) in [6.07, 6.45) is 1.44. The summed E-state index contributed by atoms with van der Waals surface area (Å²) >= 11 is 5.73. The van der Waals surface area contributed by atoms with Crippen molar-refractivity contribution >= 4 is 28.9 Å². The van der Waals surface area contributed by atoms with Crippen LogP contribution in [0.3, 0.4) is 0 Å². The maximum atomic E-state index is 12.2. The summed E-state index contributed by atoms with van der Waals surface area (Å²) in [5.74, 6) is -0.482. The van der Waals surface area contributed by atoms with Crippen LogP contribution in [-0.4, -0.2) is 31.0 Å². The Morgan fingerprint density at radius 1 is 1.21 bits per heavy atom. The standard InChI is InChI=1S/C14H9ClN6O3/c15-12-6-1-9(7-13(12)21(23)24)14(22)17-10-2-4-11(5-3-10)20-8-16-18-19-20/h1-8H,(H,17,22). The van der Waals surface area contributed by atoms with Gasteiger partial charge in [-0.1, -0.05) is 11.6 Å². The Morgan fingerprint density at radius 3 is 2.58 bits per heavy atom. The molecule has 10 heteroatoms. The summed E-state index contributed by atoms with van der Waals surface area (Å²) in [6, 6.07) is 10.6. The molecule has 1 amide bonds. The van der Waals surface area contributed by atoms with Gasteiger partial charge in [-0.25, -0.2) is 4.68 Å². The topological polar surface area (TPSA) is 116 Å². The van der Waals surface area contributed by atoms with Crippen LogP contribution in [0.5, 0.6) is 0 Å². The van der Waals surface area contributed by atoms with Gasteiger partial charge in [0.25, 0.3) is 11.6 Å². The van der Waals surface area contributed by atoms with E-state index in [0.29, 0.717) is 5.69 Å². The van der Waals surface area contributed by atoms with Crippen molar-refractivity contribution in [2.75, 3.05) is 5.32 Å². The Bertz CT molecular complexity index is 895. The number of tetrazole rings is 1. The summed E-state index contributed by atoms with van der Waals surface area (Å²) in [7, 11) is 0. The highest BCUT2D eigenvalue weighted by atomic mass is 35.5. The van der Waals surface area contributed by atoms with Gasteiger partial charge in [-0.2, -0.15) is 0 Å². The van der Waals surface area contributed by atoms with Crippen LogP contribution in [0, 0.1) is 10.1 Å². The van der Waals surface area contributed by atoms with E-state index in [1.165, 1.54) is 23.1 Å². The second-order valence-electron chi connectivity index (χ2n) is 4.68. The van der Waals surface area contributed by atoms with Crippen molar-refractivity contribution in [3.63, 3.8) is 0 Å². The minimum absolute atomic E-state index is 0.0256. The number of carbonyl (C=O) groups is 1. The first-order chi connectivity index (χ1) is 11.5. The highest BCUT2D eigenvalue weighted by Gasteiger charge is 2.16. The molecule has 9 nitrogen and oxygen atoms in total. The average molecular weight is 345 g/mol. The van der Waals surface area contributed by atoms with Crippen molar-refractivity contribution in [2.45, 2.75) is 0 Å². The Kier molecular flexibility index (Phi) is 4.17. The lowest BCUT2D eigenvalue weighted by Gasteiger charge is -2.07. The maximum Gasteiger partial charge on any atom is 0.288 e. The summed E-state index contributed by atoms with van der Waals surface area (Å²) in [5.41, 5.74) is 1.06. The van der Waals surface area contributed by atoms with Gasteiger partial charge in [0.15, 0.2) is 0 Å². The first kappa shape index (κ1) is 15.6. The molecule has 3 rings (SSSR count). The number of rotatable bonds is 4. The molecule has 0 atom stereocenters. The quantitative estimate of drug-likeness (QED) is 0.574. The molecule has 1 N–H and O–H groups in total. The van der Waals surface area contributed by atoms with Gasteiger partial charge >= 0.3 is 0 Å². The van der Waals surface area contributed by atoms with E-state index in [1.54, 1.807) is 24.3 Å². The van der Waals surface area contributed by atoms with Crippen LogP contribution < -0.4 is 5.32 Å². The van der Waals surface area contributed by atoms with Crippen LogP contribution in [0.15, 0.2) is 48.8 Å². The smallest absolute Gasteiger partial charge is 0.288 e. The van der Waals surface area contributed by atoms with Gasteiger partial charge in [-0.15, -0.1) is 5.10 Å². The van der Waals surface area contributed by atoms with Gasteiger partial charge in [0.2, 0.25) is 0 Å². The number of hydrogen-bond donors (Lipinski definition) is 1. The molecule has 0 bridgehead atoms. The van der Waals surface area contributed by atoms with Crippen LogP contribution in [0.2, 0.25) is 5.02 Å². The minimum Gasteiger partial charge on any atom is -0.322 e. The van der Waals surface area contributed by atoms with Gasteiger partial charge < -0.3 is 5.32 Å². The van der Waals surface area contributed by atoms with Gasteiger partial charge in [0.05, 0.1) is 10.6 Å². The number of nitro benzene ring substituents is 1. The average Bonchev–Trinajstić information content (AvgIpc) is 3.10. The first-order valence-corrected chi connectivity index (χ1v) is 7.01. The predicted molar refractivity (Wildman–Crippen MR) is 85.2 cm³/mol. The zero-order chi connectivity index (χ0) is 17.1. The zero-order valence-corrected chi connectivity index (χ0v) is 12.7. The Morgan fingerprint density at radius 2 is 1.96 bits per heavy atom. The maximum absolute atomic E-state index is 12.2. The van der Waals surface area contributed by atoms with Gasteiger partial charge in [0, 0.05) is 17.3 Å². The predicted octanol–water partition coefficient (Wildman–Crippen LogP) is 2.48. The first-order valence-electron chi connectivity index (χ1n) is 6.63. The Balaban J connectivity index is 1.77. The molecule has 0 saturated heterocycles. The van der Waals surface area contributed by atoms with E-state index in [2.05, 4.69) is 20.8 Å². The van der Waals surface area contributed by atoms with Gasteiger partial charge in [-0.3, -0.25) is 14.9 Å². The number of nitrogens with one attached hydrogen (secondary N) is 1. The fourth-order valence-corrected chi connectivity index (χ4v) is 2.16. The van der Waals surface area contributed by atoms with Crippen LogP contribution in [0.1, 0.15) is 10.4 Å². The highest BCUT2D eigenvalue weighted by molar-refractivity contribution is 6.32. The van der Waals surface area contributed by atoms with Crippen LogP contribution in [-0.2, 0) is 0 Å². The molecular formula is C14H9ClN6O3. The Labute approximate surface area is 140 Å². The zero-order valence-electron chi connectivity index (χ0n) is 12.0. The minimum atomic E-state index is -0.639. The SMILES string of the molecule is O=C(Nc1ccc(-n2cnnn2)cc1)c1ccc(Cl)c([N+](=O)[O-])c1. The van der Waals surface area contributed by atoms with E-state index in [0.717, 1.165) is 11.8 Å². The molecule has 1 heterocycles. The number of halogens is 1. The molecule has 24 heavy (non-hydrogen) atoms. The number of aromatic nitrogens is 4. The van der Waals surface area contributed by atoms with Crippen molar-refractivity contribution in [3.05, 3.63) is 69.5 Å². The molecular weight excluding hydrogens is 336 g/mol. The van der Waals surface area contributed by atoms with Crippen molar-refractivity contribution in [1.82, 2.24) is 20.2 Å². The summed E-state index contributed by atoms with van der Waals surface area (Å²) in [6.45, 7) is 0. The van der Waals surface area contributed by atoms with E-state index in [1.807, 2.05) is 0 Å². The molecule has 0 radical (unpaired) electrons. The van der Waals surface area contributed by atoms with E-state index in [9.17, 15) is 14.9 Å². The fraction of sp³-hybridized carbons (Fsp3) is 0. The molecule has 3 aromatic rings. The van der Waals surface area contributed by atoms with Crippen molar-refractivity contribution < 1.29 is 9.72 Å². The molecule has 0 aliphatic carbocycles. The van der Waals surface area contributed by atoms with Crippen LogP contribution >= 0.6 is 11.6 Å². The fourth-order valence-electron chi connectivity index (χ4n) is 1.97. The van der Waals surface area contributed by atoms with Crippen molar-refractivity contribution in [1.29, 1.82) is 0 Å². The van der Waals surface area contributed by atoms with Crippen molar-refractivity contribution in [3.8, 4) is 5.69 Å². The molecule has 2 aromatic carbocycles. The van der Waals surface area contributed by atoms with Crippen molar-refractivity contribution in [2.24, 2.45) is 0 Å². The number of anilines is 1. The largest absolute Gasteiger partial charge is 0.322 e. The van der Waals surface area contributed by atoms with Gasteiger partial charge in [0.1, 0.15) is 11.3 Å². The molecule has 120 valence electrons. The van der Waals surface area contributed by atoms with E-state index < -0.39 is 10.8 Å². The summed E-state index contributed by atoms with van der Waals surface area (Å²) in [5, 5.41) is 24.3. The lowest BCUT2D eigenvalue weighted by atomic mass is 10.2. The molecule has 1 aromatic heterocycles. The third kappa shape index (κ3) is 3.20. The summed E-state index contributed by atoms with van der Waals surface area (Å²) < 4.78 is 1.47. The monoisotopic (exact) mass is 344 g/mol. The lowest BCUT2D eigenvalue weighted by molar-refractivity contribution is -0.384. The van der Waals surface area contributed by atoms with E-state index in [4.69, 9.17) is 11.6 Å². The highest BCUT2D eigenvalue weighted by Crippen LogP contribution is 2.25. The number of carbonyl (C=O) groups excluding carboxylic acids is 1. The lowest BCUT2D eigenvalue weighted by Crippen LogP contribution is -2.12. The van der Waals surface area contributed by atoms with E-state index >= 15 is 0 Å².